The highest BCUT2D eigenvalue weighted by atomic mass is 16.5. The van der Waals surface area contributed by atoms with Crippen LogP contribution in [0.4, 0.5) is 0 Å². The van der Waals surface area contributed by atoms with Crippen LogP contribution in [0.1, 0.15) is 0 Å². The van der Waals surface area contributed by atoms with Crippen molar-refractivity contribution in [1.29, 1.82) is 0 Å². The zero-order chi connectivity index (χ0) is 18.9. The highest BCUT2D eigenvalue weighted by Crippen LogP contribution is 2.33. The maximum Gasteiger partial charge on any atom is 0.160 e. The Morgan fingerprint density at radius 2 is 1.36 bits per heavy atom. The molecule has 0 aliphatic heterocycles. The van der Waals surface area contributed by atoms with Crippen molar-refractivity contribution >= 4 is 21.7 Å². The van der Waals surface area contributed by atoms with Gasteiger partial charge in [-0.1, -0.05) is 60.7 Å². The second kappa shape index (κ2) is 6.78. The Morgan fingerprint density at radius 1 is 0.607 bits per heavy atom. The van der Waals surface area contributed by atoms with Gasteiger partial charge >= 0.3 is 0 Å². The van der Waals surface area contributed by atoms with E-state index in [-0.39, 0.29) is 0 Å². The largest absolute Gasteiger partial charge is 0.497 e. The van der Waals surface area contributed by atoms with Crippen LogP contribution in [0.3, 0.4) is 0 Å². The van der Waals surface area contributed by atoms with Crippen LogP contribution >= 0.6 is 0 Å². The van der Waals surface area contributed by atoms with Crippen LogP contribution in [0.25, 0.3) is 44.3 Å². The SMILES string of the molecule is COc1ccc(-c2nc(-c3ccccc3)nc3c2ccc2ccccc23)cc1. The highest BCUT2D eigenvalue weighted by Gasteiger charge is 2.13. The molecule has 0 unspecified atom stereocenters. The Morgan fingerprint density at radius 3 is 2.14 bits per heavy atom. The maximum atomic E-state index is 5.31. The molecular formula is C25H18N2O. The lowest BCUT2D eigenvalue weighted by Gasteiger charge is -2.12. The minimum absolute atomic E-state index is 0.732. The van der Waals surface area contributed by atoms with E-state index in [0.29, 0.717) is 0 Å². The minimum atomic E-state index is 0.732. The first kappa shape index (κ1) is 16.5. The first-order valence-electron chi connectivity index (χ1n) is 9.23. The molecule has 0 bridgehead atoms. The molecule has 0 spiro atoms. The van der Waals surface area contributed by atoms with Crippen LogP contribution in [0, 0.1) is 0 Å². The molecular weight excluding hydrogens is 344 g/mol. The van der Waals surface area contributed by atoms with Crippen LogP contribution in [0.5, 0.6) is 5.75 Å². The van der Waals surface area contributed by atoms with Gasteiger partial charge in [0.05, 0.1) is 18.3 Å². The molecule has 0 atom stereocenters. The van der Waals surface area contributed by atoms with Gasteiger partial charge in [-0.3, -0.25) is 0 Å². The van der Waals surface area contributed by atoms with Crippen LogP contribution < -0.4 is 4.74 Å². The molecule has 0 aliphatic rings. The predicted octanol–water partition coefficient (Wildman–Crippen LogP) is 6.13. The Kier molecular flexibility index (Phi) is 3.99. The van der Waals surface area contributed by atoms with Crippen molar-refractivity contribution in [2.24, 2.45) is 0 Å². The van der Waals surface area contributed by atoms with Gasteiger partial charge < -0.3 is 4.74 Å². The second-order valence-corrected chi connectivity index (χ2v) is 6.67. The van der Waals surface area contributed by atoms with E-state index in [9.17, 15) is 0 Å². The highest BCUT2D eigenvalue weighted by molar-refractivity contribution is 6.09. The smallest absolute Gasteiger partial charge is 0.160 e. The first-order valence-corrected chi connectivity index (χ1v) is 9.23. The van der Waals surface area contributed by atoms with Crippen LogP contribution in [-0.4, -0.2) is 17.1 Å². The van der Waals surface area contributed by atoms with E-state index in [1.165, 1.54) is 5.39 Å². The van der Waals surface area contributed by atoms with Crippen LogP contribution in [0.15, 0.2) is 91.0 Å². The summed E-state index contributed by atoms with van der Waals surface area (Å²) in [6, 6.07) is 30.7. The van der Waals surface area contributed by atoms with Gasteiger partial charge in [-0.2, -0.15) is 0 Å². The lowest BCUT2D eigenvalue weighted by Crippen LogP contribution is -1.96. The van der Waals surface area contributed by atoms with Gasteiger partial charge in [-0.05, 0) is 35.7 Å². The van der Waals surface area contributed by atoms with Crippen molar-refractivity contribution < 1.29 is 4.74 Å². The van der Waals surface area contributed by atoms with Crippen molar-refractivity contribution in [3.63, 3.8) is 0 Å². The molecule has 5 rings (SSSR count). The average Bonchev–Trinajstić information content (AvgIpc) is 2.79. The molecule has 28 heavy (non-hydrogen) atoms. The number of benzene rings is 4. The molecule has 1 aromatic heterocycles. The van der Waals surface area contributed by atoms with E-state index >= 15 is 0 Å². The van der Waals surface area contributed by atoms with E-state index in [1.54, 1.807) is 7.11 Å². The molecule has 0 radical (unpaired) electrons. The van der Waals surface area contributed by atoms with Crippen molar-refractivity contribution in [2.45, 2.75) is 0 Å². The Bertz CT molecular complexity index is 1280. The van der Waals surface area contributed by atoms with Crippen molar-refractivity contribution in [1.82, 2.24) is 9.97 Å². The molecule has 4 aromatic carbocycles. The lowest BCUT2D eigenvalue weighted by molar-refractivity contribution is 0.415. The van der Waals surface area contributed by atoms with Gasteiger partial charge in [0.2, 0.25) is 0 Å². The zero-order valence-electron chi connectivity index (χ0n) is 15.5. The third-order valence-electron chi connectivity index (χ3n) is 4.99. The molecule has 5 aromatic rings. The number of hydrogen-bond donors (Lipinski definition) is 0. The fraction of sp³-hybridized carbons (Fsp3) is 0.0400. The Hall–Kier alpha value is -3.72. The molecule has 3 heteroatoms. The van der Waals surface area contributed by atoms with E-state index in [1.807, 2.05) is 54.6 Å². The number of rotatable bonds is 3. The normalized spacial score (nSPS) is 11.0. The van der Waals surface area contributed by atoms with E-state index in [2.05, 4.69) is 36.4 Å². The summed E-state index contributed by atoms with van der Waals surface area (Å²) in [7, 11) is 1.68. The van der Waals surface area contributed by atoms with E-state index < -0.39 is 0 Å². The molecule has 0 aliphatic carbocycles. The summed E-state index contributed by atoms with van der Waals surface area (Å²) in [4.78, 5) is 9.91. The summed E-state index contributed by atoms with van der Waals surface area (Å²) in [5.74, 6) is 1.56. The molecule has 1 heterocycles. The van der Waals surface area contributed by atoms with Gasteiger partial charge in [-0.15, -0.1) is 0 Å². The van der Waals surface area contributed by atoms with Gasteiger partial charge in [0.25, 0.3) is 0 Å². The van der Waals surface area contributed by atoms with Gasteiger partial charge in [0.15, 0.2) is 5.82 Å². The van der Waals surface area contributed by atoms with Crippen molar-refractivity contribution in [2.75, 3.05) is 7.11 Å². The van der Waals surface area contributed by atoms with Crippen molar-refractivity contribution in [3.05, 3.63) is 91.0 Å². The number of hydrogen-bond acceptors (Lipinski definition) is 3. The number of fused-ring (bicyclic) bond motifs is 3. The lowest BCUT2D eigenvalue weighted by atomic mass is 10.0. The molecule has 0 saturated carbocycles. The van der Waals surface area contributed by atoms with E-state index in [0.717, 1.165) is 44.7 Å². The topological polar surface area (TPSA) is 35.0 Å². The fourth-order valence-corrected chi connectivity index (χ4v) is 3.55. The molecule has 134 valence electrons. The summed E-state index contributed by atoms with van der Waals surface area (Å²) >= 11 is 0. The zero-order valence-corrected chi connectivity index (χ0v) is 15.5. The van der Waals surface area contributed by atoms with Crippen LogP contribution in [0.2, 0.25) is 0 Å². The number of nitrogens with zero attached hydrogens (tertiary/aromatic N) is 2. The predicted molar refractivity (Wildman–Crippen MR) is 114 cm³/mol. The number of methoxy groups -OCH3 is 1. The molecule has 0 fully saturated rings. The minimum Gasteiger partial charge on any atom is -0.497 e. The first-order chi connectivity index (χ1) is 13.8. The average molecular weight is 362 g/mol. The Balaban J connectivity index is 1.85. The Labute approximate surface area is 163 Å². The third-order valence-corrected chi connectivity index (χ3v) is 4.99. The summed E-state index contributed by atoms with van der Waals surface area (Å²) in [5.41, 5.74) is 3.95. The quantitative estimate of drug-likeness (QED) is 0.362. The summed E-state index contributed by atoms with van der Waals surface area (Å²) in [5, 5.41) is 3.35. The van der Waals surface area contributed by atoms with Crippen molar-refractivity contribution in [3.8, 4) is 28.4 Å². The van der Waals surface area contributed by atoms with Crippen LogP contribution in [-0.2, 0) is 0 Å². The molecule has 3 nitrogen and oxygen atoms in total. The number of aromatic nitrogens is 2. The standard InChI is InChI=1S/C25H18N2O/c1-28-20-14-11-18(12-15-20)23-22-16-13-17-7-5-6-10-21(17)24(22)27-25(26-23)19-8-3-2-4-9-19/h2-16H,1H3. The second-order valence-electron chi connectivity index (χ2n) is 6.67. The molecule has 0 N–H and O–H groups in total. The molecule has 0 saturated heterocycles. The summed E-state index contributed by atoms with van der Waals surface area (Å²) in [6.07, 6.45) is 0. The molecule has 0 amide bonds. The summed E-state index contributed by atoms with van der Waals surface area (Å²) < 4.78 is 5.31. The number of ether oxygens (including phenoxy) is 1. The third kappa shape index (κ3) is 2.78. The van der Waals surface area contributed by atoms with Gasteiger partial charge in [-0.25, -0.2) is 9.97 Å². The van der Waals surface area contributed by atoms with E-state index in [4.69, 9.17) is 14.7 Å². The fourth-order valence-electron chi connectivity index (χ4n) is 3.55. The maximum absolute atomic E-state index is 5.31. The van der Waals surface area contributed by atoms with Gasteiger partial charge in [0.1, 0.15) is 5.75 Å². The summed E-state index contributed by atoms with van der Waals surface area (Å²) in [6.45, 7) is 0. The van der Waals surface area contributed by atoms with Gasteiger partial charge in [0, 0.05) is 21.9 Å². The monoisotopic (exact) mass is 362 g/mol.